The third-order valence-corrected chi connectivity index (χ3v) is 3.40. The number of hydrogen-bond donors (Lipinski definition) is 1. The maximum atomic E-state index is 12.2. The largest absolute Gasteiger partial charge is 0.345 e. The van der Waals surface area contributed by atoms with Gasteiger partial charge in [0.25, 0.3) is 5.91 Å². The predicted octanol–water partition coefficient (Wildman–Crippen LogP) is 3.78. The molecule has 2 rings (SSSR count). The van der Waals surface area contributed by atoms with Crippen molar-refractivity contribution in [3.05, 3.63) is 76.9 Å². The van der Waals surface area contributed by atoms with Crippen LogP contribution in [-0.2, 0) is 4.79 Å². The van der Waals surface area contributed by atoms with E-state index >= 15 is 0 Å². The molecule has 3 nitrogen and oxygen atoms in total. The topological polar surface area (TPSA) is 52.9 Å². The lowest BCUT2D eigenvalue weighted by Gasteiger charge is -2.13. The summed E-state index contributed by atoms with van der Waals surface area (Å²) in [6.45, 7) is 3.89. The second kappa shape index (κ2) is 7.24. The fraction of sp³-hybridized carbons (Fsp3) is 0.158. The van der Waals surface area contributed by atoms with Gasteiger partial charge in [-0.25, -0.2) is 0 Å². The van der Waals surface area contributed by atoms with Gasteiger partial charge >= 0.3 is 0 Å². The van der Waals surface area contributed by atoms with Gasteiger partial charge in [0.05, 0.1) is 6.04 Å². The average Bonchev–Trinajstić information content (AvgIpc) is 2.55. The zero-order chi connectivity index (χ0) is 15.9. The van der Waals surface area contributed by atoms with Crippen molar-refractivity contribution in [2.24, 2.45) is 0 Å². The molecule has 3 heteroatoms. The number of carbonyl (C=O) groups excluding carboxylic acids is 1. The molecule has 0 aliphatic rings. The molecule has 0 spiro atoms. The lowest BCUT2D eigenvalue weighted by Crippen LogP contribution is -2.27. The zero-order valence-electron chi connectivity index (χ0n) is 12.7. The van der Waals surface area contributed by atoms with Crippen molar-refractivity contribution in [3.8, 4) is 6.07 Å². The van der Waals surface area contributed by atoms with Crippen molar-refractivity contribution in [2.75, 3.05) is 0 Å². The van der Waals surface area contributed by atoms with Gasteiger partial charge in [0.2, 0.25) is 0 Å². The standard InChI is InChI=1S/C19H18N2O/c1-14-8-10-16(11-9-14)12-18(13-20)19(22)21-15(2)17-6-4-3-5-7-17/h3-12,15H,1-2H3,(H,21,22)/b18-12+. The summed E-state index contributed by atoms with van der Waals surface area (Å²) in [5, 5.41) is 12.1. The van der Waals surface area contributed by atoms with E-state index in [1.54, 1.807) is 6.08 Å². The quantitative estimate of drug-likeness (QED) is 0.688. The molecule has 0 aliphatic carbocycles. The molecule has 0 heterocycles. The summed E-state index contributed by atoms with van der Waals surface area (Å²) in [5.74, 6) is -0.362. The maximum Gasteiger partial charge on any atom is 0.262 e. The Morgan fingerprint density at radius 3 is 2.36 bits per heavy atom. The van der Waals surface area contributed by atoms with Crippen LogP contribution < -0.4 is 5.32 Å². The predicted molar refractivity (Wildman–Crippen MR) is 87.8 cm³/mol. The summed E-state index contributed by atoms with van der Waals surface area (Å²) in [5.41, 5.74) is 3.08. The first-order valence-corrected chi connectivity index (χ1v) is 7.14. The Morgan fingerprint density at radius 2 is 1.77 bits per heavy atom. The van der Waals surface area contributed by atoms with Crippen LogP contribution >= 0.6 is 0 Å². The second-order valence-corrected chi connectivity index (χ2v) is 5.19. The van der Waals surface area contributed by atoms with Crippen LogP contribution in [0.2, 0.25) is 0 Å². The van der Waals surface area contributed by atoms with Gasteiger partial charge in [0.15, 0.2) is 0 Å². The van der Waals surface area contributed by atoms with Crippen LogP contribution in [0.4, 0.5) is 0 Å². The highest BCUT2D eigenvalue weighted by Gasteiger charge is 2.13. The zero-order valence-corrected chi connectivity index (χ0v) is 12.7. The molecular formula is C19H18N2O. The Morgan fingerprint density at radius 1 is 1.14 bits per heavy atom. The Bertz CT molecular complexity index is 709. The van der Waals surface area contributed by atoms with E-state index in [4.69, 9.17) is 0 Å². The van der Waals surface area contributed by atoms with Gasteiger partial charge in [-0.1, -0.05) is 60.2 Å². The molecular weight excluding hydrogens is 272 g/mol. The number of aryl methyl sites for hydroxylation is 1. The molecule has 0 fully saturated rings. The first-order chi connectivity index (χ1) is 10.6. The number of nitrogens with one attached hydrogen (secondary N) is 1. The van der Waals surface area contributed by atoms with E-state index in [2.05, 4.69) is 5.32 Å². The fourth-order valence-corrected chi connectivity index (χ4v) is 2.08. The average molecular weight is 290 g/mol. The van der Waals surface area contributed by atoms with Crippen molar-refractivity contribution < 1.29 is 4.79 Å². The normalized spacial score (nSPS) is 12.3. The van der Waals surface area contributed by atoms with Crippen LogP contribution in [-0.4, -0.2) is 5.91 Å². The first kappa shape index (κ1) is 15.5. The highest BCUT2D eigenvalue weighted by atomic mass is 16.1. The van der Waals surface area contributed by atoms with Gasteiger partial charge in [-0.3, -0.25) is 4.79 Å². The van der Waals surface area contributed by atoms with Crippen LogP contribution in [0.3, 0.4) is 0 Å². The number of nitrogens with zero attached hydrogens (tertiary/aromatic N) is 1. The first-order valence-electron chi connectivity index (χ1n) is 7.14. The molecule has 1 unspecified atom stereocenters. The molecule has 110 valence electrons. The summed E-state index contributed by atoms with van der Waals surface area (Å²) in [4.78, 5) is 12.2. The van der Waals surface area contributed by atoms with Gasteiger partial charge < -0.3 is 5.32 Å². The van der Waals surface area contributed by atoms with E-state index in [9.17, 15) is 10.1 Å². The Labute approximate surface area is 130 Å². The van der Waals surface area contributed by atoms with E-state index in [1.807, 2.05) is 74.5 Å². The third-order valence-electron chi connectivity index (χ3n) is 3.40. The molecule has 1 amide bonds. The highest BCUT2D eigenvalue weighted by Crippen LogP contribution is 2.13. The molecule has 0 bridgehead atoms. The fourth-order valence-electron chi connectivity index (χ4n) is 2.08. The Balaban J connectivity index is 2.12. The molecule has 0 aromatic heterocycles. The molecule has 22 heavy (non-hydrogen) atoms. The van der Waals surface area contributed by atoms with Crippen molar-refractivity contribution in [1.82, 2.24) is 5.32 Å². The number of carbonyl (C=O) groups is 1. The van der Waals surface area contributed by atoms with Gasteiger partial charge in [-0.2, -0.15) is 5.26 Å². The van der Waals surface area contributed by atoms with Crippen molar-refractivity contribution >= 4 is 12.0 Å². The van der Waals surface area contributed by atoms with Crippen molar-refractivity contribution in [1.29, 1.82) is 5.26 Å². The minimum absolute atomic E-state index is 0.103. The SMILES string of the molecule is Cc1ccc(/C=C(\C#N)C(=O)NC(C)c2ccccc2)cc1. The number of amides is 1. The summed E-state index contributed by atoms with van der Waals surface area (Å²) >= 11 is 0. The molecule has 0 saturated carbocycles. The summed E-state index contributed by atoms with van der Waals surface area (Å²) < 4.78 is 0. The van der Waals surface area contributed by atoms with Crippen LogP contribution in [0.5, 0.6) is 0 Å². The van der Waals surface area contributed by atoms with Crippen LogP contribution in [0.1, 0.15) is 29.7 Å². The molecule has 1 N–H and O–H groups in total. The van der Waals surface area contributed by atoms with Gasteiger partial charge in [0.1, 0.15) is 11.6 Å². The van der Waals surface area contributed by atoms with Crippen molar-refractivity contribution in [3.63, 3.8) is 0 Å². The van der Waals surface area contributed by atoms with Crippen LogP contribution in [0.25, 0.3) is 6.08 Å². The summed E-state index contributed by atoms with van der Waals surface area (Å²) in [7, 11) is 0. The molecule has 0 radical (unpaired) electrons. The summed E-state index contributed by atoms with van der Waals surface area (Å²) in [6, 6.07) is 19.2. The minimum Gasteiger partial charge on any atom is -0.345 e. The number of nitriles is 1. The molecule has 2 aromatic carbocycles. The van der Waals surface area contributed by atoms with E-state index in [-0.39, 0.29) is 17.5 Å². The second-order valence-electron chi connectivity index (χ2n) is 5.19. The number of benzene rings is 2. The van der Waals surface area contributed by atoms with E-state index in [1.165, 1.54) is 0 Å². The lowest BCUT2D eigenvalue weighted by molar-refractivity contribution is -0.117. The monoisotopic (exact) mass is 290 g/mol. The highest BCUT2D eigenvalue weighted by molar-refractivity contribution is 6.01. The molecule has 1 atom stereocenters. The third kappa shape index (κ3) is 4.07. The lowest BCUT2D eigenvalue weighted by atomic mass is 10.1. The van der Waals surface area contributed by atoms with Gasteiger partial charge in [0, 0.05) is 0 Å². The molecule has 0 aliphatic heterocycles. The smallest absolute Gasteiger partial charge is 0.262 e. The Hall–Kier alpha value is -2.86. The molecule has 0 saturated heterocycles. The number of hydrogen-bond acceptors (Lipinski definition) is 2. The van der Waals surface area contributed by atoms with Crippen LogP contribution in [0.15, 0.2) is 60.2 Å². The van der Waals surface area contributed by atoms with E-state index < -0.39 is 0 Å². The van der Waals surface area contributed by atoms with Gasteiger partial charge in [-0.05, 0) is 31.1 Å². The maximum absolute atomic E-state index is 12.2. The Kier molecular flexibility index (Phi) is 5.11. The van der Waals surface area contributed by atoms with Crippen molar-refractivity contribution in [2.45, 2.75) is 19.9 Å². The van der Waals surface area contributed by atoms with Crippen LogP contribution in [0, 0.1) is 18.3 Å². The minimum atomic E-state index is -0.362. The summed E-state index contributed by atoms with van der Waals surface area (Å²) in [6.07, 6.45) is 1.60. The molecule has 2 aromatic rings. The van der Waals surface area contributed by atoms with Gasteiger partial charge in [-0.15, -0.1) is 0 Å². The van der Waals surface area contributed by atoms with E-state index in [0.29, 0.717) is 0 Å². The number of rotatable bonds is 4. The van der Waals surface area contributed by atoms with E-state index in [0.717, 1.165) is 16.7 Å².